The van der Waals surface area contributed by atoms with Crippen molar-refractivity contribution >= 4 is 29.2 Å². The molecule has 2 aromatic rings. The molecular weight excluding hydrogens is 348 g/mol. The van der Waals surface area contributed by atoms with Crippen molar-refractivity contribution in [3.8, 4) is 5.75 Å². The second-order valence-corrected chi connectivity index (χ2v) is 6.21. The van der Waals surface area contributed by atoms with Crippen LogP contribution < -0.4 is 15.0 Å². The molecule has 0 bridgehead atoms. The summed E-state index contributed by atoms with van der Waals surface area (Å²) in [7, 11) is 0. The Bertz CT molecular complexity index is 848. The Morgan fingerprint density at radius 3 is 2.52 bits per heavy atom. The standard InChI is InChI=1S/C20H20N2O5/c23-18(21-17-5-2-1-4-14(17)12-20(25)26)13-27-16-9-7-15(8-10-16)22-11-3-6-19(22)24/h1-2,4-5,7-10H,3,6,11-13H2,(H,21,23)(H,25,26). The van der Waals surface area contributed by atoms with E-state index in [-0.39, 0.29) is 24.8 Å². The van der Waals surface area contributed by atoms with Crippen LogP contribution in [0.5, 0.6) is 5.75 Å². The number of anilines is 2. The van der Waals surface area contributed by atoms with Crippen LogP contribution in [0.15, 0.2) is 48.5 Å². The fraction of sp³-hybridized carbons (Fsp3) is 0.250. The monoisotopic (exact) mass is 368 g/mol. The van der Waals surface area contributed by atoms with E-state index in [0.29, 0.717) is 23.4 Å². The summed E-state index contributed by atoms with van der Waals surface area (Å²) in [6, 6.07) is 13.8. The summed E-state index contributed by atoms with van der Waals surface area (Å²) < 4.78 is 5.47. The topological polar surface area (TPSA) is 95.9 Å². The predicted octanol–water partition coefficient (Wildman–Crippen LogP) is 2.46. The van der Waals surface area contributed by atoms with Crippen molar-refractivity contribution in [2.24, 2.45) is 0 Å². The number of carboxylic acid groups (broad SMARTS) is 1. The van der Waals surface area contributed by atoms with Crippen molar-refractivity contribution in [2.45, 2.75) is 19.3 Å². The lowest BCUT2D eigenvalue weighted by molar-refractivity contribution is -0.136. The van der Waals surface area contributed by atoms with E-state index in [4.69, 9.17) is 9.84 Å². The normalized spacial score (nSPS) is 13.5. The third-order valence-corrected chi connectivity index (χ3v) is 4.22. The highest BCUT2D eigenvalue weighted by molar-refractivity contribution is 5.95. The molecule has 2 N–H and O–H groups in total. The van der Waals surface area contributed by atoms with Gasteiger partial charge in [0.25, 0.3) is 5.91 Å². The first-order chi connectivity index (χ1) is 13.0. The van der Waals surface area contributed by atoms with Crippen molar-refractivity contribution in [3.05, 3.63) is 54.1 Å². The van der Waals surface area contributed by atoms with Gasteiger partial charge in [-0.05, 0) is 42.3 Å². The summed E-state index contributed by atoms with van der Waals surface area (Å²) in [5.74, 6) is -0.724. The number of para-hydroxylation sites is 1. The van der Waals surface area contributed by atoms with E-state index >= 15 is 0 Å². The molecule has 3 rings (SSSR count). The highest BCUT2D eigenvalue weighted by Gasteiger charge is 2.21. The summed E-state index contributed by atoms with van der Waals surface area (Å²) in [5, 5.41) is 11.6. The lowest BCUT2D eigenvalue weighted by atomic mass is 10.1. The van der Waals surface area contributed by atoms with Crippen LogP contribution in [0.25, 0.3) is 0 Å². The van der Waals surface area contributed by atoms with Crippen LogP contribution in [0.1, 0.15) is 18.4 Å². The highest BCUT2D eigenvalue weighted by atomic mass is 16.5. The first kappa shape index (κ1) is 18.4. The Labute approximate surface area is 156 Å². The highest BCUT2D eigenvalue weighted by Crippen LogP contribution is 2.24. The molecule has 0 aliphatic carbocycles. The summed E-state index contributed by atoms with van der Waals surface area (Å²) in [6.07, 6.45) is 1.26. The lowest BCUT2D eigenvalue weighted by Gasteiger charge is -2.16. The van der Waals surface area contributed by atoms with Gasteiger partial charge >= 0.3 is 5.97 Å². The van der Waals surface area contributed by atoms with Crippen LogP contribution >= 0.6 is 0 Å². The molecule has 27 heavy (non-hydrogen) atoms. The summed E-state index contributed by atoms with van der Waals surface area (Å²) in [4.78, 5) is 36.5. The maximum Gasteiger partial charge on any atom is 0.307 e. The van der Waals surface area contributed by atoms with Gasteiger partial charge in [-0.3, -0.25) is 14.4 Å². The predicted molar refractivity (Wildman–Crippen MR) is 99.9 cm³/mol. The van der Waals surface area contributed by atoms with Crippen molar-refractivity contribution < 1.29 is 24.2 Å². The molecule has 1 fully saturated rings. The molecule has 0 atom stereocenters. The first-order valence-electron chi connectivity index (χ1n) is 8.66. The molecule has 0 radical (unpaired) electrons. The zero-order valence-electron chi connectivity index (χ0n) is 14.7. The first-order valence-corrected chi connectivity index (χ1v) is 8.66. The molecule has 0 aromatic heterocycles. The molecule has 1 aliphatic rings. The summed E-state index contributed by atoms with van der Waals surface area (Å²) in [5.41, 5.74) is 1.80. The lowest BCUT2D eigenvalue weighted by Crippen LogP contribution is -2.23. The number of benzene rings is 2. The number of rotatable bonds is 7. The van der Waals surface area contributed by atoms with E-state index in [1.54, 1.807) is 53.4 Å². The maximum atomic E-state index is 12.1. The average molecular weight is 368 g/mol. The van der Waals surface area contributed by atoms with Gasteiger partial charge in [0.1, 0.15) is 5.75 Å². The van der Waals surface area contributed by atoms with Crippen LogP contribution in [0.4, 0.5) is 11.4 Å². The minimum absolute atomic E-state index is 0.114. The number of carbonyl (C=O) groups excluding carboxylic acids is 2. The smallest absolute Gasteiger partial charge is 0.307 e. The zero-order valence-corrected chi connectivity index (χ0v) is 14.7. The molecular formula is C20H20N2O5. The second kappa shape index (κ2) is 8.35. The Kier molecular flexibility index (Phi) is 5.71. The van der Waals surface area contributed by atoms with Crippen LogP contribution in [0.3, 0.4) is 0 Å². The van der Waals surface area contributed by atoms with Gasteiger partial charge in [-0.1, -0.05) is 18.2 Å². The van der Waals surface area contributed by atoms with E-state index in [0.717, 1.165) is 18.7 Å². The molecule has 2 amide bonds. The van der Waals surface area contributed by atoms with Gasteiger partial charge < -0.3 is 20.1 Å². The van der Waals surface area contributed by atoms with E-state index < -0.39 is 5.97 Å². The van der Waals surface area contributed by atoms with E-state index in [9.17, 15) is 14.4 Å². The Morgan fingerprint density at radius 1 is 1.11 bits per heavy atom. The molecule has 7 heteroatoms. The molecule has 1 aliphatic heterocycles. The van der Waals surface area contributed by atoms with E-state index in [1.165, 1.54) is 0 Å². The molecule has 0 spiro atoms. The summed E-state index contributed by atoms with van der Waals surface area (Å²) in [6.45, 7) is 0.514. The van der Waals surface area contributed by atoms with Crippen molar-refractivity contribution in [1.29, 1.82) is 0 Å². The van der Waals surface area contributed by atoms with Gasteiger partial charge in [0.15, 0.2) is 6.61 Å². The van der Waals surface area contributed by atoms with Crippen LogP contribution in [-0.2, 0) is 20.8 Å². The van der Waals surface area contributed by atoms with Gasteiger partial charge in [0.05, 0.1) is 6.42 Å². The number of carboxylic acids is 1. The average Bonchev–Trinajstić information content (AvgIpc) is 3.08. The van der Waals surface area contributed by atoms with Gasteiger partial charge in [-0.15, -0.1) is 0 Å². The Hall–Kier alpha value is -3.35. The number of amides is 2. The van der Waals surface area contributed by atoms with Crippen molar-refractivity contribution in [3.63, 3.8) is 0 Å². The summed E-state index contributed by atoms with van der Waals surface area (Å²) >= 11 is 0. The number of nitrogens with zero attached hydrogens (tertiary/aromatic N) is 1. The Balaban J connectivity index is 1.55. The van der Waals surface area contributed by atoms with Gasteiger partial charge in [0.2, 0.25) is 5.91 Å². The molecule has 0 saturated carbocycles. The fourth-order valence-electron chi connectivity index (χ4n) is 2.94. The molecule has 140 valence electrons. The van der Waals surface area contributed by atoms with Crippen molar-refractivity contribution in [1.82, 2.24) is 0 Å². The molecule has 1 saturated heterocycles. The Morgan fingerprint density at radius 2 is 1.85 bits per heavy atom. The number of hydrogen-bond donors (Lipinski definition) is 2. The number of aliphatic carboxylic acids is 1. The maximum absolute atomic E-state index is 12.1. The van der Waals surface area contributed by atoms with Crippen LogP contribution in [0, 0.1) is 0 Å². The largest absolute Gasteiger partial charge is 0.484 e. The zero-order chi connectivity index (χ0) is 19.2. The second-order valence-electron chi connectivity index (χ2n) is 6.21. The van der Waals surface area contributed by atoms with Gasteiger partial charge in [-0.25, -0.2) is 0 Å². The van der Waals surface area contributed by atoms with Crippen molar-refractivity contribution in [2.75, 3.05) is 23.4 Å². The fourth-order valence-corrected chi connectivity index (χ4v) is 2.94. The third-order valence-electron chi connectivity index (χ3n) is 4.22. The molecule has 1 heterocycles. The third kappa shape index (κ3) is 4.84. The minimum atomic E-state index is -0.968. The van der Waals surface area contributed by atoms with E-state index in [2.05, 4.69) is 5.32 Å². The van der Waals surface area contributed by atoms with Gasteiger partial charge in [-0.2, -0.15) is 0 Å². The minimum Gasteiger partial charge on any atom is -0.484 e. The molecule has 7 nitrogen and oxygen atoms in total. The van der Waals surface area contributed by atoms with Crippen LogP contribution in [0.2, 0.25) is 0 Å². The quantitative estimate of drug-likeness (QED) is 0.783. The number of nitrogens with one attached hydrogen (secondary N) is 1. The van der Waals surface area contributed by atoms with Crippen LogP contribution in [-0.4, -0.2) is 36.0 Å². The number of carbonyl (C=O) groups is 3. The number of ether oxygens (including phenoxy) is 1. The number of hydrogen-bond acceptors (Lipinski definition) is 4. The molecule has 0 unspecified atom stereocenters. The van der Waals surface area contributed by atoms with Gasteiger partial charge in [0, 0.05) is 24.3 Å². The molecule has 2 aromatic carbocycles. The SMILES string of the molecule is O=C(O)Cc1ccccc1NC(=O)COc1ccc(N2CCCC2=O)cc1. The van der Waals surface area contributed by atoms with E-state index in [1.807, 2.05) is 0 Å².